The second kappa shape index (κ2) is 8.77. The van der Waals surface area contributed by atoms with Crippen LogP contribution in [-0.2, 0) is 0 Å². The fourth-order valence-corrected chi connectivity index (χ4v) is 3.66. The topological polar surface area (TPSA) is 85.9 Å². The number of rotatable bonds is 6. The first-order valence-corrected chi connectivity index (χ1v) is 9.42. The Morgan fingerprint density at radius 1 is 1.18 bits per heavy atom. The largest absolute Gasteiger partial charge is 0.493 e. The van der Waals surface area contributed by atoms with Crippen molar-refractivity contribution in [1.82, 2.24) is 5.43 Å². The van der Waals surface area contributed by atoms with Gasteiger partial charge in [0.2, 0.25) is 0 Å². The molecule has 2 aromatic carbocycles. The quantitative estimate of drug-likeness (QED) is 0.460. The van der Waals surface area contributed by atoms with E-state index < -0.39 is 0 Å². The second-order valence-corrected chi connectivity index (χ2v) is 7.17. The lowest BCUT2D eigenvalue weighted by Gasteiger charge is -2.09. The Bertz CT molecular complexity index is 1020. The number of para-hydroxylation sites is 1. The summed E-state index contributed by atoms with van der Waals surface area (Å²) in [5.74, 6) is 0.720. The Morgan fingerprint density at radius 2 is 1.93 bits per heavy atom. The summed E-state index contributed by atoms with van der Waals surface area (Å²) in [4.78, 5) is 13.7. The number of nitrogens with two attached hydrogens (primary N) is 1. The van der Waals surface area contributed by atoms with E-state index in [0.717, 1.165) is 10.4 Å². The van der Waals surface area contributed by atoms with Crippen molar-refractivity contribution in [2.75, 3.05) is 20.0 Å². The van der Waals surface area contributed by atoms with E-state index in [1.807, 2.05) is 12.1 Å². The van der Waals surface area contributed by atoms with Crippen LogP contribution in [0.4, 0.5) is 5.69 Å². The van der Waals surface area contributed by atoms with E-state index in [9.17, 15) is 4.79 Å². The van der Waals surface area contributed by atoms with Crippen molar-refractivity contribution in [3.8, 4) is 21.9 Å². The molecule has 0 saturated carbocycles. The lowest BCUT2D eigenvalue weighted by atomic mass is 10.2. The monoisotopic (exact) mass is 415 g/mol. The van der Waals surface area contributed by atoms with Gasteiger partial charge in [0.1, 0.15) is 4.88 Å². The minimum absolute atomic E-state index is 0.388. The number of nitrogens with one attached hydrogen (secondary N) is 1. The SMILES string of the molecule is COc1cccc(/C=N\NC(=O)c2sc(-c3ccc(Cl)cc3)cc2N)c1OC. The van der Waals surface area contributed by atoms with Crippen LogP contribution in [0.5, 0.6) is 11.5 Å². The molecule has 0 spiro atoms. The van der Waals surface area contributed by atoms with Crippen LogP contribution in [-0.4, -0.2) is 26.3 Å². The average molecular weight is 416 g/mol. The van der Waals surface area contributed by atoms with E-state index in [1.165, 1.54) is 17.6 Å². The Kier molecular flexibility index (Phi) is 6.18. The molecule has 1 amide bonds. The van der Waals surface area contributed by atoms with Crippen molar-refractivity contribution in [3.63, 3.8) is 0 Å². The molecule has 28 heavy (non-hydrogen) atoms. The highest BCUT2D eigenvalue weighted by molar-refractivity contribution is 7.18. The number of nitrogen functional groups attached to an aromatic ring is 1. The highest BCUT2D eigenvalue weighted by Gasteiger charge is 2.15. The van der Waals surface area contributed by atoms with Gasteiger partial charge in [-0.3, -0.25) is 4.79 Å². The molecule has 0 atom stereocenters. The van der Waals surface area contributed by atoms with Crippen molar-refractivity contribution < 1.29 is 14.3 Å². The maximum Gasteiger partial charge on any atom is 0.283 e. The van der Waals surface area contributed by atoms with Gasteiger partial charge in [-0.1, -0.05) is 29.8 Å². The minimum atomic E-state index is -0.388. The van der Waals surface area contributed by atoms with Gasteiger partial charge in [0, 0.05) is 15.5 Å². The van der Waals surface area contributed by atoms with Crippen LogP contribution < -0.4 is 20.6 Å². The number of carbonyl (C=O) groups excluding carboxylic acids is 1. The van der Waals surface area contributed by atoms with Crippen molar-refractivity contribution in [3.05, 3.63) is 64.0 Å². The Labute approximate surface area is 171 Å². The molecular formula is C20H18ClN3O3S. The van der Waals surface area contributed by atoms with Crippen molar-refractivity contribution in [2.45, 2.75) is 0 Å². The smallest absolute Gasteiger partial charge is 0.283 e. The van der Waals surface area contributed by atoms with Gasteiger partial charge in [0.15, 0.2) is 11.5 Å². The number of anilines is 1. The highest BCUT2D eigenvalue weighted by atomic mass is 35.5. The number of nitrogens with zero attached hydrogens (tertiary/aromatic N) is 1. The molecule has 8 heteroatoms. The van der Waals surface area contributed by atoms with Crippen LogP contribution in [0.15, 0.2) is 53.6 Å². The summed E-state index contributed by atoms with van der Waals surface area (Å²) < 4.78 is 10.6. The predicted molar refractivity (Wildman–Crippen MR) is 114 cm³/mol. The van der Waals surface area contributed by atoms with Gasteiger partial charge in [0.25, 0.3) is 5.91 Å². The van der Waals surface area contributed by atoms with Crippen LogP contribution in [0, 0.1) is 0 Å². The van der Waals surface area contributed by atoms with Gasteiger partial charge in [-0.05, 0) is 35.9 Å². The number of thiophene rings is 1. The molecule has 1 heterocycles. The summed E-state index contributed by atoms with van der Waals surface area (Å²) in [7, 11) is 3.09. The number of hydrogen-bond donors (Lipinski definition) is 2. The molecule has 3 N–H and O–H groups in total. The van der Waals surface area contributed by atoms with E-state index in [1.54, 1.807) is 50.6 Å². The van der Waals surface area contributed by atoms with Crippen LogP contribution in [0.3, 0.4) is 0 Å². The highest BCUT2D eigenvalue weighted by Crippen LogP contribution is 2.34. The number of ether oxygens (including phenoxy) is 2. The number of methoxy groups -OCH3 is 2. The van der Waals surface area contributed by atoms with Crippen LogP contribution in [0.2, 0.25) is 5.02 Å². The summed E-state index contributed by atoms with van der Waals surface area (Å²) in [6.07, 6.45) is 1.49. The lowest BCUT2D eigenvalue weighted by Crippen LogP contribution is -2.17. The van der Waals surface area contributed by atoms with Gasteiger partial charge in [-0.2, -0.15) is 5.10 Å². The zero-order chi connectivity index (χ0) is 20.1. The number of carbonyl (C=O) groups is 1. The Hall–Kier alpha value is -3.03. The zero-order valence-corrected chi connectivity index (χ0v) is 16.8. The molecule has 0 aliphatic carbocycles. The molecule has 6 nitrogen and oxygen atoms in total. The number of halogens is 1. The van der Waals surface area contributed by atoms with Gasteiger partial charge in [0.05, 0.1) is 26.1 Å². The molecule has 3 aromatic rings. The van der Waals surface area contributed by atoms with Gasteiger partial charge in [-0.15, -0.1) is 11.3 Å². The maximum absolute atomic E-state index is 12.5. The van der Waals surface area contributed by atoms with Crippen LogP contribution in [0.25, 0.3) is 10.4 Å². The summed E-state index contributed by atoms with van der Waals surface area (Å²) in [5, 5.41) is 4.66. The molecule has 1 aromatic heterocycles. The number of benzene rings is 2. The van der Waals surface area contributed by atoms with Gasteiger partial charge < -0.3 is 15.2 Å². The second-order valence-electron chi connectivity index (χ2n) is 5.68. The molecular weight excluding hydrogens is 398 g/mol. The first kappa shape index (κ1) is 19.7. The molecule has 0 radical (unpaired) electrons. The fraction of sp³-hybridized carbons (Fsp3) is 0.100. The third kappa shape index (κ3) is 4.27. The van der Waals surface area contributed by atoms with Crippen LogP contribution >= 0.6 is 22.9 Å². The lowest BCUT2D eigenvalue weighted by molar-refractivity contribution is 0.0960. The predicted octanol–water partition coefficient (Wildman–Crippen LogP) is 4.43. The Balaban J connectivity index is 1.75. The first-order chi connectivity index (χ1) is 13.5. The van der Waals surface area contributed by atoms with Crippen LogP contribution in [0.1, 0.15) is 15.2 Å². The minimum Gasteiger partial charge on any atom is -0.493 e. The molecule has 0 saturated heterocycles. The van der Waals surface area contributed by atoms with Gasteiger partial charge >= 0.3 is 0 Å². The van der Waals surface area contributed by atoms with E-state index in [-0.39, 0.29) is 5.91 Å². The molecule has 0 aliphatic heterocycles. The molecule has 0 bridgehead atoms. The van der Waals surface area contributed by atoms with Crippen molar-refractivity contribution in [1.29, 1.82) is 0 Å². The molecule has 0 aliphatic rings. The standard InChI is InChI=1S/C20H18ClN3O3S/c1-26-16-5-3-4-13(18(16)27-2)11-23-24-20(25)19-15(22)10-17(28-19)12-6-8-14(21)9-7-12/h3-11H,22H2,1-2H3,(H,24,25)/b23-11-. The number of hydrazone groups is 1. The molecule has 3 rings (SSSR count). The van der Waals surface area contributed by atoms with E-state index in [4.69, 9.17) is 26.8 Å². The summed E-state index contributed by atoms with van der Waals surface area (Å²) in [5.41, 5.74) is 10.5. The molecule has 0 fully saturated rings. The molecule has 144 valence electrons. The maximum atomic E-state index is 12.5. The first-order valence-electron chi connectivity index (χ1n) is 8.23. The van der Waals surface area contributed by atoms with Gasteiger partial charge in [-0.25, -0.2) is 5.43 Å². The third-order valence-electron chi connectivity index (χ3n) is 3.90. The normalized spacial score (nSPS) is 10.8. The van der Waals surface area contributed by atoms with E-state index in [2.05, 4.69) is 10.5 Å². The summed E-state index contributed by atoms with van der Waals surface area (Å²) in [6, 6.07) is 14.5. The number of hydrogen-bond acceptors (Lipinski definition) is 6. The summed E-state index contributed by atoms with van der Waals surface area (Å²) >= 11 is 7.20. The summed E-state index contributed by atoms with van der Waals surface area (Å²) in [6.45, 7) is 0. The van der Waals surface area contributed by atoms with E-state index >= 15 is 0 Å². The third-order valence-corrected chi connectivity index (χ3v) is 5.35. The van der Waals surface area contributed by atoms with Crippen molar-refractivity contribution in [2.24, 2.45) is 5.10 Å². The fourth-order valence-electron chi connectivity index (χ4n) is 2.56. The Morgan fingerprint density at radius 3 is 2.61 bits per heavy atom. The number of amides is 1. The average Bonchev–Trinajstić information content (AvgIpc) is 3.09. The van der Waals surface area contributed by atoms with Crippen molar-refractivity contribution >= 4 is 40.7 Å². The zero-order valence-electron chi connectivity index (χ0n) is 15.2. The molecule has 0 unspecified atom stereocenters. The van der Waals surface area contributed by atoms with E-state index in [0.29, 0.717) is 32.6 Å².